The predicted molar refractivity (Wildman–Crippen MR) is 107 cm³/mol. The first kappa shape index (κ1) is 19.2. The summed E-state index contributed by atoms with van der Waals surface area (Å²) in [5.41, 5.74) is 2.60. The maximum Gasteiger partial charge on any atom is 0.258 e. The third-order valence-corrected chi connectivity index (χ3v) is 4.90. The number of hydrogen-bond acceptors (Lipinski definition) is 4. The highest BCUT2D eigenvalue weighted by atomic mass is 16.5. The van der Waals surface area contributed by atoms with Crippen LogP contribution in [0.2, 0.25) is 0 Å². The molecule has 2 aromatic rings. The highest BCUT2D eigenvalue weighted by molar-refractivity contribution is 6.01. The maximum atomic E-state index is 13.2. The van der Waals surface area contributed by atoms with Crippen LogP contribution in [0.4, 0.5) is 5.69 Å². The van der Waals surface area contributed by atoms with Crippen molar-refractivity contribution in [1.82, 2.24) is 4.90 Å². The average Bonchev–Trinajstić information content (AvgIpc) is 2.71. The molecule has 1 N–H and O–H groups in total. The minimum atomic E-state index is -0.224. The molecule has 0 saturated heterocycles. The quantitative estimate of drug-likeness (QED) is 0.699. The summed E-state index contributed by atoms with van der Waals surface area (Å²) in [7, 11) is 0. The topological polar surface area (TPSA) is 50.8 Å². The van der Waals surface area contributed by atoms with E-state index in [1.165, 1.54) is 0 Å². The van der Waals surface area contributed by atoms with Crippen molar-refractivity contribution < 1.29 is 14.3 Å². The molecule has 0 radical (unpaired) electrons. The summed E-state index contributed by atoms with van der Waals surface area (Å²) in [6.45, 7) is 7.90. The van der Waals surface area contributed by atoms with Crippen LogP contribution in [-0.2, 0) is 4.74 Å². The number of nitrogens with zero attached hydrogens (tertiary/aromatic N) is 1. The molecule has 2 atom stereocenters. The number of amides is 1. The van der Waals surface area contributed by atoms with Gasteiger partial charge in [0.1, 0.15) is 18.5 Å². The Bertz CT molecular complexity index is 778. The van der Waals surface area contributed by atoms with Gasteiger partial charge < -0.3 is 19.7 Å². The van der Waals surface area contributed by atoms with Gasteiger partial charge in [-0.3, -0.25) is 4.79 Å². The molecule has 1 amide bonds. The Labute approximate surface area is 161 Å². The van der Waals surface area contributed by atoms with E-state index in [0.29, 0.717) is 19.8 Å². The number of hydrogen-bond donors (Lipinski definition) is 1. The zero-order chi connectivity index (χ0) is 19.2. The summed E-state index contributed by atoms with van der Waals surface area (Å²) < 4.78 is 11.1. The van der Waals surface area contributed by atoms with E-state index in [2.05, 4.69) is 19.2 Å². The molecule has 0 aliphatic carbocycles. The number of nitrogens with one attached hydrogen (secondary N) is 1. The molecule has 0 saturated carbocycles. The Morgan fingerprint density at radius 2 is 1.93 bits per heavy atom. The van der Waals surface area contributed by atoms with Gasteiger partial charge in [-0.1, -0.05) is 31.2 Å². The standard InChI is InChI=1S/C22H28N2O3/c1-4-16(3)24-21(23-20-12-7-6-11-19(20)22(24)25)17-9-8-10-18(15-17)27-14-13-26-5-2/h6-12,15-16,21,23H,4-5,13-14H2,1-3H3. The summed E-state index contributed by atoms with van der Waals surface area (Å²) in [5.74, 6) is 0.843. The van der Waals surface area contributed by atoms with Crippen LogP contribution in [-0.4, -0.2) is 36.7 Å². The van der Waals surface area contributed by atoms with Crippen LogP contribution < -0.4 is 10.1 Å². The van der Waals surface area contributed by atoms with Crippen LogP contribution in [0.15, 0.2) is 48.5 Å². The number of carbonyl (C=O) groups is 1. The molecule has 2 aromatic carbocycles. The first-order valence-corrected chi connectivity index (χ1v) is 9.64. The Morgan fingerprint density at radius 3 is 2.70 bits per heavy atom. The average molecular weight is 368 g/mol. The fraction of sp³-hybridized carbons (Fsp3) is 0.409. The van der Waals surface area contributed by atoms with Gasteiger partial charge in [0.15, 0.2) is 0 Å². The Morgan fingerprint density at radius 1 is 1.11 bits per heavy atom. The highest BCUT2D eigenvalue weighted by Crippen LogP contribution is 2.35. The van der Waals surface area contributed by atoms with Crippen LogP contribution in [0.1, 0.15) is 49.3 Å². The lowest BCUT2D eigenvalue weighted by atomic mass is 10.0. The van der Waals surface area contributed by atoms with Crippen LogP contribution in [0.5, 0.6) is 5.75 Å². The van der Waals surface area contributed by atoms with Gasteiger partial charge in [-0.2, -0.15) is 0 Å². The molecule has 27 heavy (non-hydrogen) atoms. The molecule has 5 heteroatoms. The zero-order valence-electron chi connectivity index (χ0n) is 16.3. The Balaban J connectivity index is 1.88. The highest BCUT2D eigenvalue weighted by Gasteiger charge is 2.35. The molecule has 3 rings (SSSR count). The van der Waals surface area contributed by atoms with Crippen molar-refractivity contribution in [2.75, 3.05) is 25.1 Å². The smallest absolute Gasteiger partial charge is 0.258 e. The molecule has 5 nitrogen and oxygen atoms in total. The zero-order valence-corrected chi connectivity index (χ0v) is 16.3. The van der Waals surface area contributed by atoms with E-state index in [1.54, 1.807) is 0 Å². The lowest BCUT2D eigenvalue weighted by molar-refractivity contribution is 0.0593. The van der Waals surface area contributed by atoms with Gasteiger partial charge in [-0.15, -0.1) is 0 Å². The fourth-order valence-electron chi connectivity index (χ4n) is 3.30. The monoisotopic (exact) mass is 368 g/mol. The van der Waals surface area contributed by atoms with Crippen molar-refractivity contribution in [3.05, 3.63) is 59.7 Å². The molecule has 1 heterocycles. The number of rotatable bonds is 8. The minimum absolute atomic E-state index is 0.0615. The van der Waals surface area contributed by atoms with E-state index in [9.17, 15) is 4.79 Å². The molecule has 0 aromatic heterocycles. The number of benzene rings is 2. The lowest BCUT2D eigenvalue weighted by Crippen LogP contribution is -2.47. The lowest BCUT2D eigenvalue weighted by Gasteiger charge is -2.41. The summed E-state index contributed by atoms with van der Waals surface area (Å²) in [4.78, 5) is 15.1. The van der Waals surface area contributed by atoms with Gasteiger partial charge in [0.05, 0.1) is 12.2 Å². The van der Waals surface area contributed by atoms with E-state index >= 15 is 0 Å². The second kappa shape index (κ2) is 8.91. The molecule has 0 spiro atoms. The first-order chi connectivity index (χ1) is 13.2. The van der Waals surface area contributed by atoms with Crippen LogP contribution in [0, 0.1) is 0 Å². The van der Waals surface area contributed by atoms with Crippen molar-refractivity contribution in [3.63, 3.8) is 0 Å². The Kier molecular flexibility index (Phi) is 6.35. The SMILES string of the molecule is CCOCCOc1cccc(C2Nc3ccccc3C(=O)N2C(C)CC)c1. The van der Waals surface area contributed by atoms with Gasteiger partial charge in [-0.05, 0) is 50.1 Å². The predicted octanol–water partition coefficient (Wildman–Crippen LogP) is 4.47. The number of carbonyl (C=O) groups excluding carboxylic acids is 1. The summed E-state index contributed by atoms with van der Waals surface area (Å²) >= 11 is 0. The van der Waals surface area contributed by atoms with E-state index in [4.69, 9.17) is 9.47 Å². The Hall–Kier alpha value is -2.53. The van der Waals surface area contributed by atoms with Crippen molar-refractivity contribution in [1.29, 1.82) is 0 Å². The summed E-state index contributed by atoms with van der Waals surface area (Å²) in [6.07, 6.45) is 0.661. The molecule has 1 aliphatic heterocycles. The van der Waals surface area contributed by atoms with Crippen LogP contribution >= 0.6 is 0 Å². The first-order valence-electron chi connectivity index (χ1n) is 9.64. The molecule has 2 unspecified atom stereocenters. The van der Waals surface area contributed by atoms with Crippen molar-refractivity contribution in [3.8, 4) is 5.75 Å². The summed E-state index contributed by atoms with van der Waals surface area (Å²) in [5, 5.41) is 3.54. The van der Waals surface area contributed by atoms with Crippen molar-refractivity contribution in [2.45, 2.75) is 39.4 Å². The summed E-state index contributed by atoms with van der Waals surface area (Å²) in [6, 6.07) is 15.7. The minimum Gasteiger partial charge on any atom is -0.491 e. The van der Waals surface area contributed by atoms with Gasteiger partial charge >= 0.3 is 0 Å². The third-order valence-electron chi connectivity index (χ3n) is 4.90. The number of para-hydroxylation sites is 1. The van der Waals surface area contributed by atoms with Crippen molar-refractivity contribution in [2.24, 2.45) is 0 Å². The van der Waals surface area contributed by atoms with E-state index in [1.807, 2.05) is 60.4 Å². The largest absolute Gasteiger partial charge is 0.491 e. The molecule has 144 valence electrons. The van der Waals surface area contributed by atoms with Gasteiger partial charge in [0, 0.05) is 18.3 Å². The van der Waals surface area contributed by atoms with E-state index in [-0.39, 0.29) is 18.1 Å². The molecular weight excluding hydrogens is 340 g/mol. The van der Waals surface area contributed by atoms with Gasteiger partial charge in [0.2, 0.25) is 0 Å². The van der Waals surface area contributed by atoms with Crippen LogP contribution in [0.25, 0.3) is 0 Å². The van der Waals surface area contributed by atoms with E-state index in [0.717, 1.165) is 29.0 Å². The maximum absolute atomic E-state index is 13.2. The van der Waals surface area contributed by atoms with Gasteiger partial charge in [0.25, 0.3) is 5.91 Å². The molecule has 0 fully saturated rings. The second-order valence-corrected chi connectivity index (χ2v) is 6.68. The molecule has 0 bridgehead atoms. The third kappa shape index (κ3) is 4.25. The number of ether oxygens (including phenoxy) is 2. The van der Waals surface area contributed by atoms with Gasteiger partial charge in [-0.25, -0.2) is 0 Å². The molecular formula is C22H28N2O3. The van der Waals surface area contributed by atoms with E-state index < -0.39 is 0 Å². The second-order valence-electron chi connectivity index (χ2n) is 6.68. The molecule has 1 aliphatic rings. The number of fused-ring (bicyclic) bond motifs is 1. The number of anilines is 1. The van der Waals surface area contributed by atoms with Crippen molar-refractivity contribution >= 4 is 11.6 Å². The normalized spacial score (nSPS) is 17.2. The fourth-order valence-corrected chi connectivity index (χ4v) is 3.30. The van der Waals surface area contributed by atoms with Crippen LogP contribution in [0.3, 0.4) is 0 Å².